The lowest BCUT2D eigenvalue weighted by Gasteiger charge is -2.31. The number of benzene rings is 1. The van der Waals surface area contributed by atoms with E-state index in [1.807, 2.05) is 36.4 Å². The molecule has 1 saturated heterocycles. The van der Waals surface area contributed by atoms with Gasteiger partial charge in [0.2, 0.25) is 5.91 Å². The van der Waals surface area contributed by atoms with E-state index in [1.54, 1.807) is 11.3 Å². The first-order chi connectivity index (χ1) is 13.0. The number of amides is 2. The van der Waals surface area contributed by atoms with Crippen LogP contribution < -0.4 is 10.6 Å². The van der Waals surface area contributed by atoms with Crippen LogP contribution in [0.1, 0.15) is 39.9 Å². The molecule has 144 valence electrons. The van der Waals surface area contributed by atoms with Gasteiger partial charge in [-0.1, -0.05) is 25.1 Å². The normalized spacial score (nSPS) is 15.5. The minimum Gasteiger partial charge on any atom is -0.349 e. The molecule has 0 spiro atoms. The summed E-state index contributed by atoms with van der Waals surface area (Å²) in [5.41, 5.74) is 2.02. The Hall–Kier alpha value is -2.18. The number of rotatable bonds is 6. The van der Waals surface area contributed by atoms with Crippen molar-refractivity contribution in [3.63, 3.8) is 0 Å². The molecule has 0 atom stereocenters. The van der Waals surface area contributed by atoms with E-state index in [1.165, 1.54) is 10.4 Å². The molecule has 1 fully saturated rings. The molecule has 2 amide bonds. The van der Waals surface area contributed by atoms with Crippen LogP contribution in [0.25, 0.3) is 0 Å². The zero-order chi connectivity index (χ0) is 19.2. The van der Waals surface area contributed by atoms with E-state index in [0.29, 0.717) is 6.54 Å². The summed E-state index contributed by atoms with van der Waals surface area (Å²) in [6.45, 7) is 6.20. The van der Waals surface area contributed by atoms with Gasteiger partial charge in [-0.15, -0.1) is 11.3 Å². The van der Waals surface area contributed by atoms with Crippen LogP contribution in [-0.4, -0.2) is 42.4 Å². The summed E-state index contributed by atoms with van der Waals surface area (Å²) in [6, 6.07) is 11.7. The lowest BCUT2D eigenvalue weighted by Crippen LogP contribution is -2.46. The number of carbonyl (C=O) groups excluding carboxylic acids is 2. The lowest BCUT2D eigenvalue weighted by atomic mass is 10.0. The van der Waals surface area contributed by atoms with E-state index in [0.717, 1.165) is 42.9 Å². The zero-order valence-corrected chi connectivity index (χ0v) is 16.8. The Morgan fingerprint density at radius 3 is 2.52 bits per heavy atom. The average molecular weight is 386 g/mol. The smallest absolute Gasteiger partial charge is 0.261 e. The van der Waals surface area contributed by atoms with Gasteiger partial charge in [-0.2, -0.15) is 0 Å². The van der Waals surface area contributed by atoms with Crippen LogP contribution in [0.15, 0.2) is 36.4 Å². The number of nitrogens with zero attached hydrogens (tertiary/aromatic N) is 1. The molecule has 0 radical (unpaired) electrons. The Bertz CT molecular complexity index is 780. The van der Waals surface area contributed by atoms with Gasteiger partial charge in [0.25, 0.3) is 5.91 Å². The number of carbonyl (C=O) groups is 2. The molecule has 5 nitrogen and oxygen atoms in total. The van der Waals surface area contributed by atoms with Crippen LogP contribution in [0.5, 0.6) is 0 Å². The Morgan fingerprint density at radius 2 is 1.89 bits per heavy atom. The van der Waals surface area contributed by atoms with Crippen molar-refractivity contribution in [2.45, 2.75) is 39.2 Å². The molecule has 1 aromatic heterocycles. The predicted molar refractivity (Wildman–Crippen MR) is 110 cm³/mol. The van der Waals surface area contributed by atoms with E-state index < -0.39 is 0 Å². The maximum atomic E-state index is 12.5. The van der Waals surface area contributed by atoms with Crippen LogP contribution >= 0.6 is 11.3 Å². The zero-order valence-electron chi connectivity index (χ0n) is 16.0. The first kappa shape index (κ1) is 19.6. The number of anilines is 1. The number of para-hydroxylation sites is 1. The third kappa shape index (κ3) is 5.40. The second kappa shape index (κ2) is 9.15. The number of piperidine rings is 1. The summed E-state index contributed by atoms with van der Waals surface area (Å²) >= 11 is 1.59. The summed E-state index contributed by atoms with van der Waals surface area (Å²) < 4.78 is 0. The van der Waals surface area contributed by atoms with Gasteiger partial charge in [0.1, 0.15) is 0 Å². The third-order valence-electron chi connectivity index (χ3n) is 4.91. The van der Waals surface area contributed by atoms with Crippen molar-refractivity contribution in [1.29, 1.82) is 0 Å². The number of likely N-dealkylation sites (tertiary alicyclic amines) is 1. The molecule has 3 rings (SSSR count). The summed E-state index contributed by atoms with van der Waals surface area (Å²) in [4.78, 5) is 28.9. The van der Waals surface area contributed by atoms with Gasteiger partial charge in [-0.25, -0.2) is 0 Å². The molecule has 1 aliphatic rings. The van der Waals surface area contributed by atoms with Crippen molar-refractivity contribution < 1.29 is 9.59 Å². The molecule has 0 unspecified atom stereocenters. The van der Waals surface area contributed by atoms with Gasteiger partial charge in [0.15, 0.2) is 0 Å². The standard InChI is InChI=1S/C21H27N3O2S/c1-3-18-15(2)13-19(27-18)21(26)23-17-9-11-24(12-10-17)14-20(25)22-16-7-5-4-6-8-16/h4-8,13,17H,3,9-12,14H2,1-2H3,(H,22,25)(H,23,26). The monoisotopic (exact) mass is 385 g/mol. The molecule has 2 aromatic rings. The van der Waals surface area contributed by atoms with Crippen molar-refractivity contribution in [2.75, 3.05) is 25.0 Å². The third-order valence-corrected chi connectivity index (χ3v) is 6.29. The van der Waals surface area contributed by atoms with Crippen LogP contribution in [0.3, 0.4) is 0 Å². The largest absolute Gasteiger partial charge is 0.349 e. The minimum atomic E-state index is 0.00448. The Morgan fingerprint density at radius 1 is 1.19 bits per heavy atom. The number of aryl methyl sites for hydroxylation is 2. The second-order valence-corrected chi connectivity index (χ2v) is 8.15. The van der Waals surface area contributed by atoms with E-state index in [2.05, 4.69) is 29.4 Å². The van der Waals surface area contributed by atoms with Crippen LogP contribution in [0.4, 0.5) is 5.69 Å². The van der Waals surface area contributed by atoms with Crippen LogP contribution in [0, 0.1) is 6.92 Å². The lowest BCUT2D eigenvalue weighted by molar-refractivity contribution is -0.117. The summed E-state index contributed by atoms with van der Waals surface area (Å²) in [5, 5.41) is 6.08. The predicted octanol–water partition coefficient (Wildman–Crippen LogP) is 3.45. The first-order valence-electron chi connectivity index (χ1n) is 9.52. The van der Waals surface area contributed by atoms with Gasteiger partial charge < -0.3 is 10.6 Å². The molecular formula is C21H27N3O2S. The fourth-order valence-electron chi connectivity index (χ4n) is 3.40. The highest BCUT2D eigenvalue weighted by molar-refractivity contribution is 7.14. The highest BCUT2D eigenvalue weighted by Gasteiger charge is 2.23. The van der Waals surface area contributed by atoms with E-state index in [-0.39, 0.29) is 17.9 Å². The first-order valence-corrected chi connectivity index (χ1v) is 10.3. The summed E-state index contributed by atoms with van der Waals surface area (Å²) in [7, 11) is 0. The van der Waals surface area contributed by atoms with Crippen molar-refractivity contribution in [3.05, 3.63) is 51.7 Å². The molecule has 2 heterocycles. The molecule has 0 aliphatic carbocycles. The fraction of sp³-hybridized carbons (Fsp3) is 0.429. The fourth-order valence-corrected chi connectivity index (χ4v) is 4.42. The van der Waals surface area contributed by atoms with Crippen molar-refractivity contribution >= 4 is 28.8 Å². The molecule has 0 saturated carbocycles. The Labute approximate surface area is 164 Å². The van der Waals surface area contributed by atoms with E-state index in [9.17, 15) is 9.59 Å². The van der Waals surface area contributed by atoms with Crippen LogP contribution in [-0.2, 0) is 11.2 Å². The quantitative estimate of drug-likeness (QED) is 0.801. The maximum absolute atomic E-state index is 12.5. The van der Waals surface area contributed by atoms with Gasteiger partial charge in [-0.05, 0) is 49.9 Å². The second-order valence-electron chi connectivity index (χ2n) is 7.01. The van der Waals surface area contributed by atoms with Crippen molar-refractivity contribution in [3.8, 4) is 0 Å². The number of hydrogen-bond donors (Lipinski definition) is 2. The molecule has 0 bridgehead atoms. The van der Waals surface area contributed by atoms with Gasteiger partial charge in [0, 0.05) is 29.7 Å². The molecule has 2 N–H and O–H groups in total. The Balaban J connectivity index is 1.43. The SMILES string of the molecule is CCc1sc(C(=O)NC2CCN(CC(=O)Nc3ccccc3)CC2)cc1C. The molecule has 6 heteroatoms. The van der Waals surface area contributed by atoms with Crippen molar-refractivity contribution in [1.82, 2.24) is 10.2 Å². The topological polar surface area (TPSA) is 61.4 Å². The van der Waals surface area contributed by atoms with Crippen LogP contribution in [0.2, 0.25) is 0 Å². The van der Waals surface area contributed by atoms with Gasteiger partial charge in [0.05, 0.1) is 11.4 Å². The molecule has 27 heavy (non-hydrogen) atoms. The molecule has 1 aromatic carbocycles. The highest BCUT2D eigenvalue weighted by atomic mass is 32.1. The number of hydrogen-bond acceptors (Lipinski definition) is 4. The summed E-state index contributed by atoms with van der Waals surface area (Å²) in [5.74, 6) is 0.0351. The molecule has 1 aliphatic heterocycles. The summed E-state index contributed by atoms with van der Waals surface area (Å²) in [6.07, 6.45) is 2.71. The van der Waals surface area contributed by atoms with Gasteiger partial charge in [-0.3, -0.25) is 14.5 Å². The van der Waals surface area contributed by atoms with Gasteiger partial charge >= 0.3 is 0 Å². The van der Waals surface area contributed by atoms with E-state index >= 15 is 0 Å². The Kier molecular flexibility index (Phi) is 6.63. The average Bonchev–Trinajstić information content (AvgIpc) is 3.05. The maximum Gasteiger partial charge on any atom is 0.261 e. The molecular weight excluding hydrogens is 358 g/mol. The number of thiophene rings is 1. The number of nitrogens with one attached hydrogen (secondary N) is 2. The minimum absolute atomic E-state index is 0.00448. The van der Waals surface area contributed by atoms with E-state index in [4.69, 9.17) is 0 Å². The highest BCUT2D eigenvalue weighted by Crippen LogP contribution is 2.23. The van der Waals surface area contributed by atoms with Crippen molar-refractivity contribution in [2.24, 2.45) is 0 Å².